The van der Waals surface area contributed by atoms with Crippen LogP contribution in [-0.2, 0) is 0 Å². The van der Waals surface area contributed by atoms with E-state index in [0.29, 0.717) is 5.82 Å². The van der Waals surface area contributed by atoms with Gasteiger partial charge in [-0.25, -0.2) is 15.0 Å². The monoisotopic (exact) mass is 766 g/mol. The molecule has 0 atom stereocenters. The first-order valence-electron chi connectivity index (χ1n) is 20.2. The quantitative estimate of drug-likeness (QED) is 0.169. The molecule has 0 fully saturated rings. The van der Waals surface area contributed by atoms with E-state index in [9.17, 15) is 0 Å². The molecular weight excluding hydrogens is 733 g/mol. The number of fused-ring (bicyclic) bond motifs is 8. The van der Waals surface area contributed by atoms with Gasteiger partial charge < -0.3 is 8.98 Å². The lowest BCUT2D eigenvalue weighted by Gasteiger charge is -2.13. The van der Waals surface area contributed by atoms with Crippen molar-refractivity contribution in [3.05, 3.63) is 206 Å². The average Bonchev–Trinajstić information content (AvgIpc) is 3.88. The molecule has 8 aromatic carbocycles. The molecule has 5 nitrogen and oxygen atoms in total. The summed E-state index contributed by atoms with van der Waals surface area (Å²) in [6.07, 6.45) is 0. The number of pyridine rings is 1. The zero-order chi connectivity index (χ0) is 39.6. The Bertz CT molecular complexity index is 3550. The molecule has 0 aliphatic rings. The predicted molar refractivity (Wildman–Crippen MR) is 246 cm³/mol. The first-order chi connectivity index (χ1) is 29.7. The van der Waals surface area contributed by atoms with Crippen LogP contribution in [-0.4, -0.2) is 19.5 Å². The summed E-state index contributed by atoms with van der Waals surface area (Å²) in [5.74, 6) is 0.660. The van der Waals surface area contributed by atoms with Crippen molar-refractivity contribution in [2.45, 2.75) is 0 Å². The maximum absolute atomic E-state index is 6.67. The Labute approximate surface area is 345 Å². The van der Waals surface area contributed by atoms with E-state index in [4.69, 9.17) is 19.4 Å². The van der Waals surface area contributed by atoms with Crippen molar-refractivity contribution < 1.29 is 4.42 Å². The smallest absolute Gasteiger partial charge is 0.162 e. The number of benzene rings is 8. The third kappa shape index (κ3) is 5.59. The second-order valence-electron chi connectivity index (χ2n) is 15.2. The molecule has 0 N–H and O–H groups in total. The van der Waals surface area contributed by atoms with Crippen LogP contribution in [0.1, 0.15) is 0 Å². The van der Waals surface area contributed by atoms with Crippen LogP contribution in [0.15, 0.2) is 211 Å². The second kappa shape index (κ2) is 13.8. The van der Waals surface area contributed by atoms with E-state index in [1.165, 1.54) is 10.8 Å². The molecule has 12 aromatic rings. The van der Waals surface area contributed by atoms with Gasteiger partial charge in [-0.2, -0.15) is 0 Å². The van der Waals surface area contributed by atoms with Crippen molar-refractivity contribution in [2.75, 3.05) is 0 Å². The van der Waals surface area contributed by atoms with Gasteiger partial charge in [0.2, 0.25) is 0 Å². The number of hydrogen-bond acceptors (Lipinski definition) is 4. The molecule has 0 aliphatic heterocycles. The van der Waals surface area contributed by atoms with Gasteiger partial charge in [-0.1, -0.05) is 158 Å². The van der Waals surface area contributed by atoms with Crippen LogP contribution >= 0.6 is 0 Å². The highest BCUT2D eigenvalue weighted by molar-refractivity contribution is 6.21. The van der Waals surface area contributed by atoms with E-state index in [2.05, 4.69) is 174 Å². The van der Waals surface area contributed by atoms with Gasteiger partial charge in [-0.3, -0.25) is 0 Å². The minimum atomic E-state index is 0.660. The van der Waals surface area contributed by atoms with Crippen molar-refractivity contribution in [2.24, 2.45) is 0 Å². The van der Waals surface area contributed by atoms with Crippen LogP contribution in [0.25, 0.3) is 117 Å². The standard InChI is InChI=1S/C55H34N4O/c1-3-15-35(16-4-1)37-29-30-44-48(33-37)56-53(54-52(44)45-25-9-12-28-51(45)60-54)40-21-13-19-38(31-40)46-34-47(58-55(57-46)36-17-5-2-6-18-36)39-20-14-22-41(32-39)59-49-26-10-7-23-42(49)43-24-8-11-27-50(43)59/h1-34H. The van der Waals surface area contributed by atoms with E-state index in [1.54, 1.807) is 0 Å². The second-order valence-corrected chi connectivity index (χ2v) is 15.2. The van der Waals surface area contributed by atoms with E-state index in [0.717, 1.165) is 100 Å². The van der Waals surface area contributed by atoms with E-state index in [1.807, 2.05) is 36.4 Å². The Balaban J connectivity index is 1.03. The van der Waals surface area contributed by atoms with Gasteiger partial charge in [0.05, 0.1) is 27.9 Å². The lowest BCUT2D eigenvalue weighted by molar-refractivity contribution is 0.669. The maximum atomic E-state index is 6.67. The highest BCUT2D eigenvalue weighted by atomic mass is 16.3. The van der Waals surface area contributed by atoms with Crippen LogP contribution in [0.2, 0.25) is 0 Å². The molecule has 4 aromatic heterocycles. The van der Waals surface area contributed by atoms with Crippen LogP contribution in [0.4, 0.5) is 0 Å². The average molecular weight is 767 g/mol. The largest absolute Gasteiger partial charge is 0.454 e. The molecule has 280 valence electrons. The number of nitrogens with zero attached hydrogens (tertiary/aromatic N) is 4. The zero-order valence-corrected chi connectivity index (χ0v) is 32.3. The molecule has 0 radical (unpaired) electrons. The molecule has 0 spiro atoms. The first-order valence-corrected chi connectivity index (χ1v) is 20.2. The summed E-state index contributed by atoms with van der Waals surface area (Å²) in [6, 6.07) is 71.9. The highest BCUT2D eigenvalue weighted by Gasteiger charge is 2.20. The first kappa shape index (κ1) is 33.9. The molecule has 12 rings (SSSR count). The van der Waals surface area contributed by atoms with Crippen molar-refractivity contribution in [1.82, 2.24) is 19.5 Å². The van der Waals surface area contributed by atoms with Gasteiger partial charge >= 0.3 is 0 Å². The fourth-order valence-electron chi connectivity index (χ4n) is 8.78. The molecule has 0 aliphatic carbocycles. The van der Waals surface area contributed by atoms with Gasteiger partial charge in [0.25, 0.3) is 0 Å². The Morgan fingerprint density at radius 2 is 0.950 bits per heavy atom. The summed E-state index contributed by atoms with van der Waals surface area (Å²) in [5, 5.41) is 5.65. The van der Waals surface area contributed by atoms with Crippen LogP contribution in [0.3, 0.4) is 0 Å². The third-order valence-electron chi connectivity index (χ3n) is 11.6. The number of aromatic nitrogens is 4. The lowest BCUT2D eigenvalue weighted by Crippen LogP contribution is -1.98. The van der Waals surface area contributed by atoms with Gasteiger partial charge in [0.15, 0.2) is 11.4 Å². The van der Waals surface area contributed by atoms with E-state index in [-0.39, 0.29) is 0 Å². The SMILES string of the molecule is c1ccc(-c2ccc3c(c2)nc(-c2cccc(-c4cc(-c5cccc(-n6c7ccccc7c7ccccc76)c5)nc(-c5ccccc5)n4)c2)c2oc4ccccc4c23)cc1. The zero-order valence-electron chi connectivity index (χ0n) is 32.3. The van der Waals surface area contributed by atoms with Crippen LogP contribution in [0, 0.1) is 0 Å². The highest BCUT2D eigenvalue weighted by Crippen LogP contribution is 2.41. The van der Waals surface area contributed by atoms with Gasteiger partial charge in [-0.15, -0.1) is 0 Å². The Morgan fingerprint density at radius 1 is 0.367 bits per heavy atom. The summed E-state index contributed by atoms with van der Waals surface area (Å²) in [7, 11) is 0. The normalized spacial score (nSPS) is 11.7. The fourth-order valence-corrected chi connectivity index (χ4v) is 8.78. The molecule has 60 heavy (non-hydrogen) atoms. The van der Waals surface area contributed by atoms with Crippen molar-refractivity contribution in [3.63, 3.8) is 0 Å². The van der Waals surface area contributed by atoms with Crippen molar-refractivity contribution in [3.8, 4) is 62.0 Å². The molecule has 5 heteroatoms. The molecule has 0 saturated heterocycles. The third-order valence-corrected chi connectivity index (χ3v) is 11.6. The molecular formula is C55H34N4O. The minimum absolute atomic E-state index is 0.660. The number of furan rings is 1. The van der Waals surface area contributed by atoms with Crippen molar-refractivity contribution >= 4 is 54.6 Å². The molecule has 0 unspecified atom stereocenters. The fraction of sp³-hybridized carbons (Fsp3) is 0. The van der Waals surface area contributed by atoms with Crippen LogP contribution in [0.5, 0.6) is 0 Å². The summed E-state index contributed by atoms with van der Waals surface area (Å²) in [4.78, 5) is 15.8. The molecule has 4 heterocycles. The lowest BCUT2D eigenvalue weighted by atomic mass is 9.98. The number of para-hydroxylation sites is 3. The maximum Gasteiger partial charge on any atom is 0.162 e. The van der Waals surface area contributed by atoms with Crippen molar-refractivity contribution in [1.29, 1.82) is 0 Å². The topological polar surface area (TPSA) is 56.7 Å². The van der Waals surface area contributed by atoms with E-state index >= 15 is 0 Å². The minimum Gasteiger partial charge on any atom is -0.454 e. The summed E-state index contributed by atoms with van der Waals surface area (Å²) in [6.45, 7) is 0. The van der Waals surface area contributed by atoms with Gasteiger partial charge in [0.1, 0.15) is 11.3 Å². The molecule has 0 amide bonds. The summed E-state index contributed by atoms with van der Waals surface area (Å²) in [5.41, 5.74) is 14.5. The Morgan fingerprint density at radius 3 is 1.68 bits per heavy atom. The van der Waals surface area contributed by atoms with Gasteiger partial charge in [-0.05, 0) is 59.7 Å². The summed E-state index contributed by atoms with van der Waals surface area (Å²) >= 11 is 0. The number of rotatable bonds is 6. The Hall–Kier alpha value is -8.15. The Kier molecular flexibility index (Phi) is 7.78. The molecule has 0 bridgehead atoms. The van der Waals surface area contributed by atoms with E-state index < -0.39 is 0 Å². The van der Waals surface area contributed by atoms with Gasteiger partial charge in [0, 0.05) is 54.9 Å². The predicted octanol–water partition coefficient (Wildman–Crippen LogP) is 14.4. The molecule has 0 saturated carbocycles. The summed E-state index contributed by atoms with van der Waals surface area (Å²) < 4.78 is 9.01. The van der Waals surface area contributed by atoms with Crippen LogP contribution < -0.4 is 0 Å². The number of hydrogen-bond donors (Lipinski definition) is 0.